The number of aromatic amines is 1. The molecule has 0 saturated carbocycles. The minimum Gasteiger partial charge on any atom is -0.394 e. The lowest BCUT2D eigenvalue weighted by molar-refractivity contribution is -0.121. The number of hydrogen-bond donors (Lipinski definition) is 3. The van der Waals surface area contributed by atoms with Crippen LogP contribution in [0.15, 0.2) is 54.7 Å². The normalized spacial score (nSPS) is 12.3. The van der Waals surface area contributed by atoms with Crippen molar-refractivity contribution in [2.24, 2.45) is 0 Å². The van der Waals surface area contributed by atoms with E-state index < -0.39 is 6.04 Å². The Labute approximate surface area is 139 Å². The van der Waals surface area contributed by atoms with Gasteiger partial charge in [0.15, 0.2) is 0 Å². The second kappa shape index (κ2) is 6.86. The summed E-state index contributed by atoms with van der Waals surface area (Å²) in [6.45, 7) is -0.165. The van der Waals surface area contributed by atoms with Gasteiger partial charge in [-0.2, -0.15) is 0 Å². The van der Waals surface area contributed by atoms with Crippen molar-refractivity contribution >= 4 is 28.4 Å². The maximum atomic E-state index is 12.3. The maximum Gasteiger partial charge on any atom is 0.225 e. The van der Waals surface area contributed by atoms with Gasteiger partial charge in [-0.15, -0.1) is 0 Å². The highest BCUT2D eigenvalue weighted by molar-refractivity contribution is 6.30. The Morgan fingerprint density at radius 2 is 1.91 bits per heavy atom. The van der Waals surface area contributed by atoms with Gasteiger partial charge in [0.1, 0.15) is 0 Å². The third-order valence-corrected chi connectivity index (χ3v) is 4.07. The van der Waals surface area contributed by atoms with Crippen LogP contribution in [0.25, 0.3) is 10.9 Å². The Kier molecular flexibility index (Phi) is 4.65. The Hall–Kier alpha value is -2.30. The molecule has 3 rings (SSSR count). The zero-order valence-electron chi connectivity index (χ0n) is 12.4. The van der Waals surface area contributed by atoms with E-state index in [9.17, 15) is 9.90 Å². The van der Waals surface area contributed by atoms with Crippen LogP contribution >= 0.6 is 11.6 Å². The number of aliphatic hydroxyl groups excluding tert-OH is 1. The van der Waals surface area contributed by atoms with Crippen LogP contribution in [0.1, 0.15) is 17.2 Å². The molecule has 3 N–H and O–H groups in total. The first-order valence-electron chi connectivity index (χ1n) is 7.38. The number of carbonyl (C=O) groups excluding carboxylic acids is 1. The molecule has 1 amide bonds. The molecule has 1 unspecified atom stereocenters. The van der Waals surface area contributed by atoms with Crippen LogP contribution in [0, 0.1) is 0 Å². The van der Waals surface area contributed by atoms with Gasteiger partial charge in [-0.05, 0) is 29.3 Å². The van der Waals surface area contributed by atoms with Gasteiger partial charge in [-0.3, -0.25) is 4.79 Å². The molecule has 0 bridgehead atoms. The molecule has 3 aromatic rings. The lowest BCUT2D eigenvalue weighted by Gasteiger charge is -2.16. The van der Waals surface area contributed by atoms with Crippen molar-refractivity contribution in [1.82, 2.24) is 10.3 Å². The quantitative estimate of drug-likeness (QED) is 0.673. The predicted molar refractivity (Wildman–Crippen MR) is 91.4 cm³/mol. The summed E-state index contributed by atoms with van der Waals surface area (Å²) in [7, 11) is 0. The van der Waals surface area contributed by atoms with Gasteiger partial charge < -0.3 is 15.4 Å². The third kappa shape index (κ3) is 3.55. The molecule has 0 aliphatic rings. The average molecular weight is 329 g/mol. The molecule has 1 aromatic heterocycles. The van der Waals surface area contributed by atoms with Crippen LogP contribution in [0.4, 0.5) is 0 Å². The first-order valence-corrected chi connectivity index (χ1v) is 7.76. The summed E-state index contributed by atoms with van der Waals surface area (Å²) < 4.78 is 0. The van der Waals surface area contributed by atoms with Crippen LogP contribution in [0.5, 0.6) is 0 Å². The van der Waals surface area contributed by atoms with E-state index in [1.165, 1.54) is 0 Å². The standard InChI is InChI=1S/C18H17ClN2O2/c19-14-7-5-12(6-8-14)17(11-22)21-18(23)9-13-10-20-16-4-2-1-3-15(13)16/h1-8,10,17,20,22H,9,11H2,(H,21,23). The molecular weight excluding hydrogens is 312 g/mol. The van der Waals surface area contributed by atoms with Crippen molar-refractivity contribution in [2.45, 2.75) is 12.5 Å². The number of hydrogen-bond acceptors (Lipinski definition) is 2. The third-order valence-electron chi connectivity index (χ3n) is 3.82. The van der Waals surface area contributed by atoms with Crippen LogP contribution in [-0.2, 0) is 11.2 Å². The van der Waals surface area contributed by atoms with E-state index in [1.54, 1.807) is 24.3 Å². The minimum atomic E-state index is -0.440. The number of nitrogens with one attached hydrogen (secondary N) is 2. The molecule has 0 saturated heterocycles. The second-order valence-corrected chi connectivity index (χ2v) is 5.83. The molecular formula is C18H17ClN2O2. The molecule has 0 aliphatic heterocycles. The number of H-pyrrole nitrogens is 1. The Morgan fingerprint density at radius 1 is 1.17 bits per heavy atom. The molecule has 23 heavy (non-hydrogen) atoms. The molecule has 118 valence electrons. The van der Waals surface area contributed by atoms with Crippen molar-refractivity contribution < 1.29 is 9.90 Å². The summed E-state index contributed by atoms with van der Waals surface area (Å²) in [6.07, 6.45) is 2.11. The van der Waals surface area contributed by atoms with E-state index in [0.29, 0.717) is 5.02 Å². The molecule has 5 heteroatoms. The van der Waals surface area contributed by atoms with E-state index in [4.69, 9.17) is 11.6 Å². The highest BCUT2D eigenvalue weighted by atomic mass is 35.5. The maximum absolute atomic E-state index is 12.3. The number of aliphatic hydroxyl groups is 1. The largest absolute Gasteiger partial charge is 0.394 e. The first kappa shape index (κ1) is 15.6. The summed E-state index contributed by atoms with van der Waals surface area (Å²) >= 11 is 5.86. The van der Waals surface area contributed by atoms with Gasteiger partial charge in [0.05, 0.1) is 19.1 Å². The van der Waals surface area contributed by atoms with E-state index in [-0.39, 0.29) is 18.9 Å². The van der Waals surface area contributed by atoms with Gasteiger partial charge >= 0.3 is 0 Å². The molecule has 1 atom stereocenters. The summed E-state index contributed by atoms with van der Waals surface area (Å²) in [5.41, 5.74) is 2.77. The fourth-order valence-corrected chi connectivity index (χ4v) is 2.75. The first-order chi connectivity index (χ1) is 11.2. The van der Waals surface area contributed by atoms with Gasteiger partial charge in [0, 0.05) is 22.1 Å². The summed E-state index contributed by atoms with van der Waals surface area (Å²) in [5.74, 6) is -0.135. The number of halogens is 1. The van der Waals surface area contributed by atoms with Crippen molar-refractivity contribution in [3.63, 3.8) is 0 Å². The molecule has 2 aromatic carbocycles. The zero-order valence-corrected chi connectivity index (χ0v) is 13.2. The monoisotopic (exact) mass is 328 g/mol. The SMILES string of the molecule is O=C(Cc1c[nH]c2ccccc12)NC(CO)c1ccc(Cl)cc1. The number of fused-ring (bicyclic) bond motifs is 1. The Balaban J connectivity index is 1.71. The average Bonchev–Trinajstić information content (AvgIpc) is 2.97. The van der Waals surface area contributed by atoms with E-state index in [0.717, 1.165) is 22.0 Å². The number of benzene rings is 2. The van der Waals surface area contributed by atoms with Crippen LogP contribution < -0.4 is 5.32 Å². The van der Waals surface area contributed by atoms with Gasteiger partial charge in [-0.1, -0.05) is 41.9 Å². The summed E-state index contributed by atoms with van der Waals surface area (Å²) in [5, 5.41) is 14.1. The zero-order chi connectivity index (χ0) is 16.2. The Morgan fingerprint density at radius 3 is 2.65 bits per heavy atom. The number of aromatic nitrogens is 1. The van der Waals surface area contributed by atoms with E-state index >= 15 is 0 Å². The lowest BCUT2D eigenvalue weighted by Crippen LogP contribution is -2.31. The molecule has 0 aliphatic carbocycles. The van der Waals surface area contributed by atoms with Crippen molar-refractivity contribution in [1.29, 1.82) is 0 Å². The fraction of sp³-hybridized carbons (Fsp3) is 0.167. The Bertz CT molecular complexity index is 811. The number of carbonyl (C=O) groups is 1. The van der Waals surface area contributed by atoms with E-state index in [1.807, 2.05) is 30.5 Å². The van der Waals surface area contributed by atoms with Crippen LogP contribution in [0.2, 0.25) is 5.02 Å². The highest BCUT2D eigenvalue weighted by Crippen LogP contribution is 2.19. The number of rotatable bonds is 5. The van der Waals surface area contributed by atoms with Crippen LogP contribution in [-0.4, -0.2) is 22.6 Å². The fourth-order valence-electron chi connectivity index (χ4n) is 2.63. The second-order valence-electron chi connectivity index (χ2n) is 5.39. The van der Waals surface area contributed by atoms with Gasteiger partial charge in [-0.25, -0.2) is 0 Å². The lowest BCUT2D eigenvalue weighted by atomic mass is 10.1. The molecule has 4 nitrogen and oxygen atoms in total. The predicted octanol–water partition coefficient (Wildman–Crippen LogP) is 3.21. The van der Waals surface area contributed by atoms with Crippen LogP contribution in [0.3, 0.4) is 0 Å². The number of amides is 1. The smallest absolute Gasteiger partial charge is 0.225 e. The van der Waals surface area contributed by atoms with Crippen molar-refractivity contribution in [3.05, 3.63) is 70.9 Å². The molecule has 0 fully saturated rings. The topological polar surface area (TPSA) is 65.1 Å². The van der Waals surface area contributed by atoms with E-state index in [2.05, 4.69) is 10.3 Å². The minimum absolute atomic E-state index is 0.135. The van der Waals surface area contributed by atoms with Crippen molar-refractivity contribution in [3.8, 4) is 0 Å². The molecule has 0 radical (unpaired) electrons. The van der Waals surface area contributed by atoms with Gasteiger partial charge in [0.2, 0.25) is 5.91 Å². The molecule has 1 heterocycles. The number of para-hydroxylation sites is 1. The highest BCUT2D eigenvalue weighted by Gasteiger charge is 2.15. The van der Waals surface area contributed by atoms with Gasteiger partial charge in [0.25, 0.3) is 0 Å². The summed E-state index contributed by atoms with van der Waals surface area (Å²) in [6, 6.07) is 14.5. The van der Waals surface area contributed by atoms with Crippen molar-refractivity contribution in [2.75, 3.05) is 6.61 Å². The summed E-state index contributed by atoms with van der Waals surface area (Å²) in [4.78, 5) is 15.5. The molecule has 0 spiro atoms.